The summed E-state index contributed by atoms with van der Waals surface area (Å²) >= 11 is 5.96. The molecule has 3 rings (SSSR count). The van der Waals surface area contributed by atoms with Gasteiger partial charge in [-0.05, 0) is 24.6 Å². The molecule has 6 heteroatoms. The molecule has 0 spiro atoms. The highest BCUT2D eigenvalue weighted by atomic mass is 35.5. The van der Waals surface area contributed by atoms with Gasteiger partial charge in [-0.25, -0.2) is 9.97 Å². The predicted octanol–water partition coefficient (Wildman–Crippen LogP) is 3.16. The number of hydrogen-bond donors (Lipinski definition) is 0. The summed E-state index contributed by atoms with van der Waals surface area (Å²) < 4.78 is 5.92. The Morgan fingerprint density at radius 1 is 1.30 bits per heavy atom. The third kappa shape index (κ3) is 3.74. The number of ether oxygens (including phenoxy) is 1. The van der Waals surface area contributed by atoms with Gasteiger partial charge < -0.3 is 14.5 Å². The number of anilines is 2. The molecule has 1 aliphatic heterocycles. The van der Waals surface area contributed by atoms with Crippen molar-refractivity contribution in [2.24, 2.45) is 0 Å². The summed E-state index contributed by atoms with van der Waals surface area (Å²) in [7, 11) is 2.03. The molecule has 1 aliphatic rings. The van der Waals surface area contributed by atoms with Gasteiger partial charge in [0.05, 0.1) is 6.61 Å². The molecule has 0 bridgehead atoms. The van der Waals surface area contributed by atoms with E-state index in [1.54, 1.807) is 6.33 Å². The van der Waals surface area contributed by atoms with Crippen molar-refractivity contribution in [2.75, 3.05) is 43.1 Å². The van der Waals surface area contributed by atoms with Crippen molar-refractivity contribution in [1.29, 1.82) is 0 Å². The summed E-state index contributed by atoms with van der Waals surface area (Å²) in [6.07, 6.45) is 1.66. The number of rotatable bonds is 4. The van der Waals surface area contributed by atoms with Gasteiger partial charge in [0.1, 0.15) is 24.1 Å². The Balaban J connectivity index is 1.77. The highest BCUT2D eigenvalue weighted by Crippen LogP contribution is 2.27. The molecular weight excluding hydrogens is 312 g/mol. The third-order valence-electron chi connectivity index (χ3n) is 4.14. The molecule has 0 aliphatic carbocycles. The third-order valence-corrected chi connectivity index (χ3v) is 4.39. The Morgan fingerprint density at radius 2 is 2.09 bits per heavy atom. The van der Waals surface area contributed by atoms with E-state index in [4.69, 9.17) is 16.3 Å². The molecule has 2 heterocycles. The van der Waals surface area contributed by atoms with Crippen molar-refractivity contribution in [3.8, 4) is 0 Å². The standard InChI is InChI=1S/C17H21ClN4O/c1-3-21(2)16-10-17(20-12-19-16)22-8-9-23-15(11-22)13-4-6-14(18)7-5-13/h4-7,10,12,15H,3,8-9,11H2,1-2H3. The topological polar surface area (TPSA) is 41.5 Å². The monoisotopic (exact) mass is 332 g/mol. The molecule has 1 aromatic heterocycles. The number of hydrogen-bond acceptors (Lipinski definition) is 5. The van der Waals surface area contributed by atoms with Gasteiger partial charge in [-0.1, -0.05) is 23.7 Å². The van der Waals surface area contributed by atoms with Crippen molar-refractivity contribution in [3.05, 3.63) is 47.2 Å². The zero-order chi connectivity index (χ0) is 16.2. The number of aromatic nitrogens is 2. The summed E-state index contributed by atoms with van der Waals surface area (Å²) in [5.74, 6) is 1.88. The van der Waals surface area contributed by atoms with E-state index in [1.165, 1.54) is 0 Å². The lowest BCUT2D eigenvalue weighted by Gasteiger charge is -2.34. The quantitative estimate of drug-likeness (QED) is 0.860. The van der Waals surface area contributed by atoms with Crippen LogP contribution in [-0.4, -0.2) is 43.3 Å². The first-order valence-electron chi connectivity index (χ1n) is 7.82. The molecule has 122 valence electrons. The van der Waals surface area contributed by atoms with Crippen LogP contribution in [0.5, 0.6) is 0 Å². The van der Waals surface area contributed by atoms with Crippen LogP contribution in [0.2, 0.25) is 5.02 Å². The Kier molecular flexibility index (Phi) is 4.98. The fraction of sp³-hybridized carbons (Fsp3) is 0.412. The number of morpholine rings is 1. The lowest BCUT2D eigenvalue weighted by atomic mass is 10.1. The Labute approximate surface area is 141 Å². The highest BCUT2D eigenvalue weighted by molar-refractivity contribution is 6.30. The molecule has 1 unspecified atom stereocenters. The second-order valence-corrected chi connectivity index (χ2v) is 6.04. The molecule has 0 N–H and O–H groups in total. The number of halogens is 1. The Morgan fingerprint density at radius 3 is 2.83 bits per heavy atom. The van der Waals surface area contributed by atoms with Gasteiger partial charge in [-0.3, -0.25) is 0 Å². The van der Waals surface area contributed by atoms with Crippen LogP contribution < -0.4 is 9.80 Å². The normalized spacial score (nSPS) is 18.0. The lowest BCUT2D eigenvalue weighted by molar-refractivity contribution is 0.0395. The maximum absolute atomic E-state index is 5.96. The zero-order valence-corrected chi connectivity index (χ0v) is 14.2. The van der Waals surface area contributed by atoms with Gasteiger partial charge in [0.2, 0.25) is 0 Å². The van der Waals surface area contributed by atoms with Crippen molar-refractivity contribution in [3.63, 3.8) is 0 Å². The molecule has 2 aromatic rings. The summed E-state index contributed by atoms with van der Waals surface area (Å²) in [5, 5.41) is 0.740. The number of benzene rings is 1. The van der Waals surface area contributed by atoms with Crippen LogP contribution in [0.3, 0.4) is 0 Å². The van der Waals surface area contributed by atoms with Crippen molar-refractivity contribution < 1.29 is 4.74 Å². The van der Waals surface area contributed by atoms with Crippen molar-refractivity contribution in [1.82, 2.24) is 9.97 Å². The van der Waals surface area contributed by atoms with E-state index < -0.39 is 0 Å². The van der Waals surface area contributed by atoms with E-state index in [-0.39, 0.29) is 6.10 Å². The molecular formula is C17H21ClN4O. The molecule has 5 nitrogen and oxygen atoms in total. The molecule has 1 aromatic carbocycles. The minimum absolute atomic E-state index is 0.0309. The molecule has 1 fully saturated rings. The zero-order valence-electron chi connectivity index (χ0n) is 13.4. The van der Waals surface area contributed by atoms with E-state index in [0.29, 0.717) is 6.61 Å². The van der Waals surface area contributed by atoms with Crippen LogP contribution in [0.4, 0.5) is 11.6 Å². The van der Waals surface area contributed by atoms with Gasteiger partial charge >= 0.3 is 0 Å². The minimum atomic E-state index is 0.0309. The van der Waals surface area contributed by atoms with E-state index in [1.807, 2.05) is 37.4 Å². The maximum atomic E-state index is 5.96. The van der Waals surface area contributed by atoms with Crippen molar-refractivity contribution >= 4 is 23.2 Å². The average molecular weight is 333 g/mol. The lowest BCUT2D eigenvalue weighted by Crippen LogP contribution is -2.39. The first-order chi connectivity index (χ1) is 11.2. The minimum Gasteiger partial charge on any atom is -0.370 e. The largest absolute Gasteiger partial charge is 0.370 e. The van der Waals surface area contributed by atoms with E-state index in [2.05, 4.69) is 26.7 Å². The molecule has 1 atom stereocenters. The predicted molar refractivity (Wildman–Crippen MR) is 93.3 cm³/mol. The maximum Gasteiger partial charge on any atom is 0.134 e. The van der Waals surface area contributed by atoms with Crippen LogP contribution >= 0.6 is 11.6 Å². The van der Waals surface area contributed by atoms with Crippen molar-refractivity contribution in [2.45, 2.75) is 13.0 Å². The summed E-state index contributed by atoms with van der Waals surface area (Å²) in [4.78, 5) is 13.1. The van der Waals surface area contributed by atoms with E-state index >= 15 is 0 Å². The van der Waals surface area contributed by atoms with Gasteiger partial charge in [-0.15, -0.1) is 0 Å². The number of nitrogens with zero attached hydrogens (tertiary/aromatic N) is 4. The molecule has 0 amide bonds. The van der Waals surface area contributed by atoms with Crippen LogP contribution in [0.15, 0.2) is 36.7 Å². The van der Waals surface area contributed by atoms with Gasteiger partial charge in [0, 0.05) is 37.8 Å². The second-order valence-electron chi connectivity index (χ2n) is 5.61. The van der Waals surface area contributed by atoms with E-state index in [0.717, 1.165) is 41.9 Å². The average Bonchev–Trinajstić information content (AvgIpc) is 2.62. The summed E-state index contributed by atoms with van der Waals surface area (Å²) in [5.41, 5.74) is 1.14. The Bertz CT molecular complexity index is 649. The van der Waals surface area contributed by atoms with Crippen LogP contribution in [0, 0.1) is 0 Å². The smallest absolute Gasteiger partial charge is 0.134 e. The Hall–Kier alpha value is -1.85. The second kappa shape index (κ2) is 7.15. The molecule has 0 radical (unpaired) electrons. The molecule has 23 heavy (non-hydrogen) atoms. The molecule has 0 saturated carbocycles. The van der Waals surface area contributed by atoms with Crippen LogP contribution in [0.25, 0.3) is 0 Å². The van der Waals surface area contributed by atoms with Gasteiger partial charge in [0.15, 0.2) is 0 Å². The first kappa shape index (κ1) is 16.0. The SMILES string of the molecule is CCN(C)c1cc(N2CCOC(c3ccc(Cl)cc3)C2)ncn1. The van der Waals surface area contributed by atoms with Gasteiger partial charge in [0.25, 0.3) is 0 Å². The van der Waals surface area contributed by atoms with Crippen LogP contribution in [0.1, 0.15) is 18.6 Å². The van der Waals surface area contributed by atoms with Gasteiger partial charge in [-0.2, -0.15) is 0 Å². The fourth-order valence-corrected chi connectivity index (χ4v) is 2.74. The highest BCUT2D eigenvalue weighted by Gasteiger charge is 2.23. The summed E-state index contributed by atoms with van der Waals surface area (Å²) in [6.45, 7) is 5.29. The molecule has 1 saturated heterocycles. The first-order valence-corrected chi connectivity index (χ1v) is 8.20. The fourth-order valence-electron chi connectivity index (χ4n) is 2.62. The summed E-state index contributed by atoms with van der Waals surface area (Å²) in [6, 6.07) is 9.88. The van der Waals surface area contributed by atoms with Crippen LogP contribution in [-0.2, 0) is 4.74 Å². The van der Waals surface area contributed by atoms with E-state index in [9.17, 15) is 0 Å².